The maximum Gasteiger partial charge on any atom is 0.178 e. The number of para-hydroxylation sites is 1. The lowest BCUT2D eigenvalue weighted by atomic mass is 10.3. The number of aromatic amines is 1. The highest BCUT2D eigenvalue weighted by atomic mass is 32.1. The Kier molecular flexibility index (Phi) is 3.74. The van der Waals surface area contributed by atoms with Crippen molar-refractivity contribution in [2.75, 3.05) is 6.61 Å². The lowest BCUT2D eigenvalue weighted by Crippen LogP contribution is -2.05. The van der Waals surface area contributed by atoms with Gasteiger partial charge in [-0.1, -0.05) is 6.07 Å². The van der Waals surface area contributed by atoms with Gasteiger partial charge in [-0.2, -0.15) is 0 Å². The van der Waals surface area contributed by atoms with Crippen molar-refractivity contribution in [3.63, 3.8) is 0 Å². The van der Waals surface area contributed by atoms with E-state index in [0.717, 1.165) is 35.6 Å². The molecule has 3 rings (SSSR count). The number of benzene rings is 1. The Morgan fingerprint density at radius 1 is 1.38 bits per heavy atom. The van der Waals surface area contributed by atoms with Crippen LogP contribution in [0, 0.1) is 4.77 Å². The summed E-state index contributed by atoms with van der Waals surface area (Å²) in [4.78, 5) is 3.24. The van der Waals surface area contributed by atoms with E-state index in [0.29, 0.717) is 11.4 Å². The monoisotopic (exact) mass is 303 g/mol. The van der Waals surface area contributed by atoms with Crippen molar-refractivity contribution in [2.45, 2.75) is 19.9 Å². The van der Waals surface area contributed by atoms with Crippen LogP contribution in [0.1, 0.15) is 12.7 Å². The number of hydrogen-bond donors (Lipinski definition) is 1. The zero-order chi connectivity index (χ0) is 14.8. The number of hydrogen-bond acceptors (Lipinski definition) is 4. The molecule has 0 bridgehead atoms. The Hall–Kier alpha value is -2.15. The zero-order valence-corrected chi connectivity index (χ0v) is 12.9. The standard InChI is InChI=1S/C14H17N5OS/c1-3-20-11-6-4-5-10-13(11)16-14(21)19(10)8-7-12-17-15-9-18(12)2/h4-6,9H,3,7-8H2,1-2H3,(H,16,21). The first-order valence-electron chi connectivity index (χ1n) is 6.88. The summed E-state index contributed by atoms with van der Waals surface area (Å²) in [5, 5.41) is 8.00. The van der Waals surface area contributed by atoms with Crippen LogP contribution in [-0.2, 0) is 20.0 Å². The molecule has 0 saturated heterocycles. The molecule has 0 aliphatic heterocycles. The SMILES string of the molecule is CCOc1cccc2c1[nH]c(=S)n2CCc1nncn1C. The summed E-state index contributed by atoms with van der Waals surface area (Å²) in [6.07, 6.45) is 2.48. The van der Waals surface area contributed by atoms with Crippen LogP contribution in [-0.4, -0.2) is 30.9 Å². The summed E-state index contributed by atoms with van der Waals surface area (Å²) in [7, 11) is 1.94. The van der Waals surface area contributed by atoms with Gasteiger partial charge in [-0.25, -0.2) is 0 Å². The summed E-state index contributed by atoms with van der Waals surface area (Å²) in [5.41, 5.74) is 2.00. The topological polar surface area (TPSA) is 60.7 Å². The summed E-state index contributed by atoms with van der Waals surface area (Å²) >= 11 is 5.43. The highest BCUT2D eigenvalue weighted by Crippen LogP contribution is 2.25. The quantitative estimate of drug-likeness (QED) is 0.736. The van der Waals surface area contributed by atoms with Crippen LogP contribution in [0.2, 0.25) is 0 Å². The zero-order valence-electron chi connectivity index (χ0n) is 12.0. The average molecular weight is 303 g/mol. The molecule has 110 valence electrons. The predicted octanol–water partition coefficient (Wildman–Crippen LogP) is 2.47. The number of aryl methyl sites for hydroxylation is 3. The molecule has 1 N–H and O–H groups in total. The number of aromatic nitrogens is 5. The third-order valence-electron chi connectivity index (χ3n) is 3.44. The van der Waals surface area contributed by atoms with Crippen LogP contribution < -0.4 is 4.74 Å². The summed E-state index contributed by atoms with van der Waals surface area (Å²) in [6, 6.07) is 5.97. The van der Waals surface area contributed by atoms with Crippen molar-refractivity contribution >= 4 is 23.3 Å². The lowest BCUT2D eigenvalue weighted by Gasteiger charge is -2.06. The van der Waals surface area contributed by atoms with Crippen LogP contribution in [0.15, 0.2) is 24.5 Å². The molecule has 0 aliphatic rings. The van der Waals surface area contributed by atoms with E-state index in [1.165, 1.54) is 0 Å². The Morgan fingerprint density at radius 3 is 2.95 bits per heavy atom. The smallest absolute Gasteiger partial charge is 0.178 e. The van der Waals surface area contributed by atoms with Crippen LogP contribution in [0.5, 0.6) is 5.75 Å². The second-order valence-electron chi connectivity index (χ2n) is 4.77. The fourth-order valence-electron chi connectivity index (χ4n) is 2.40. The first-order chi connectivity index (χ1) is 10.2. The van der Waals surface area contributed by atoms with E-state index >= 15 is 0 Å². The second-order valence-corrected chi connectivity index (χ2v) is 5.16. The molecule has 7 heteroatoms. The number of imidazole rings is 1. The molecule has 0 saturated carbocycles. The molecule has 2 aromatic heterocycles. The van der Waals surface area contributed by atoms with Crippen molar-refractivity contribution in [1.29, 1.82) is 0 Å². The Morgan fingerprint density at radius 2 is 2.24 bits per heavy atom. The molecule has 0 aliphatic carbocycles. The fourth-order valence-corrected chi connectivity index (χ4v) is 2.69. The molecule has 3 aromatic rings. The van der Waals surface area contributed by atoms with Crippen molar-refractivity contribution in [1.82, 2.24) is 24.3 Å². The van der Waals surface area contributed by atoms with Gasteiger partial charge in [0.1, 0.15) is 23.4 Å². The molecule has 0 atom stereocenters. The van der Waals surface area contributed by atoms with Gasteiger partial charge in [0.15, 0.2) is 4.77 Å². The molecule has 1 aromatic carbocycles. The number of rotatable bonds is 5. The largest absolute Gasteiger partial charge is 0.492 e. The molecule has 0 radical (unpaired) electrons. The number of nitrogens with zero attached hydrogens (tertiary/aromatic N) is 4. The fraction of sp³-hybridized carbons (Fsp3) is 0.357. The molecular weight excluding hydrogens is 286 g/mol. The van der Waals surface area contributed by atoms with Gasteiger partial charge in [0.05, 0.1) is 12.1 Å². The summed E-state index contributed by atoms with van der Waals surface area (Å²) in [5.74, 6) is 1.77. The summed E-state index contributed by atoms with van der Waals surface area (Å²) in [6.45, 7) is 3.35. The van der Waals surface area contributed by atoms with Crippen molar-refractivity contribution in [2.24, 2.45) is 7.05 Å². The second kappa shape index (κ2) is 5.69. The molecule has 2 heterocycles. The number of H-pyrrole nitrogens is 1. The maximum absolute atomic E-state index is 5.64. The third kappa shape index (κ3) is 2.56. The molecule has 0 amide bonds. The maximum atomic E-state index is 5.64. The molecule has 6 nitrogen and oxygen atoms in total. The van der Waals surface area contributed by atoms with Gasteiger partial charge in [0, 0.05) is 20.0 Å². The van der Waals surface area contributed by atoms with E-state index in [1.807, 2.05) is 36.7 Å². The van der Waals surface area contributed by atoms with E-state index in [-0.39, 0.29) is 0 Å². The number of ether oxygens (including phenoxy) is 1. The highest BCUT2D eigenvalue weighted by Gasteiger charge is 2.10. The number of fused-ring (bicyclic) bond motifs is 1. The van der Waals surface area contributed by atoms with Crippen molar-refractivity contribution in [3.8, 4) is 5.75 Å². The minimum absolute atomic E-state index is 0.629. The first-order valence-corrected chi connectivity index (χ1v) is 7.28. The van der Waals surface area contributed by atoms with Crippen LogP contribution in [0.3, 0.4) is 0 Å². The third-order valence-corrected chi connectivity index (χ3v) is 3.76. The van der Waals surface area contributed by atoms with Gasteiger partial charge < -0.3 is 18.9 Å². The molecule has 21 heavy (non-hydrogen) atoms. The molecule has 0 unspecified atom stereocenters. The Labute approximate surface area is 127 Å². The Bertz CT molecular complexity index is 816. The van der Waals surface area contributed by atoms with E-state index in [9.17, 15) is 0 Å². The normalized spacial score (nSPS) is 11.1. The van der Waals surface area contributed by atoms with E-state index in [4.69, 9.17) is 17.0 Å². The van der Waals surface area contributed by atoms with Crippen molar-refractivity contribution < 1.29 is 4.74 Å². The van der Waals surface area contributed by atoms with Crippen LogP contribution in [0.25, 0.3) is 11.0 Å². The molecule has 0 fully saturated rings. The van der Waals surface area contributed by atoms with Crippen LogP contribution in [0.4, 0.5) is 0 Å². The van der Waals surface area contributed by atoms with E-state index in [2.05, 4.69) is 19.7 Å². The van der Waals surface area contributed by atoms with Gasteiger partial charge in [-0.05, 0) is 31.3 Å². The van der Waals surface area contributed by atoms with Gasteiger partial charge in [-0.15, -0.1) is 10.2 Å². The van der Waals surface area contributed by atoms with E-state index < -0.39 is 0 Å². The first kappa shape index (κ1) is 13.8. The van der Waals surface area contributed by atoms with Gasteiger partial charge in [-0.3, -0.25) is 0 Å². The highest BCUT2D eigenvalue weighted by molar-refractivity contribution is 7.71. The average Bonchev–Trinajstić information content (AvgIpc) is 3.01. The minimum atomic E-state index is 0.629. The van der Waals surface area contributed by atoms with Crippen LogP contribution >= 0.6 is 12.2 Å². The number of nitrogens with one attached hydrogen (secondary N) is 1. The van der Waals surface area contributed by atoms with E-state index in [1.54, 1.807) is 6.33 Å². The van der Waals surface area contributed by atoms with Gasteiger partial charge in [0.25, 0.3) is 0 Å². The molecular formula is C14H17N5OS. The van der Waals surface area contributed by atoms with Gasteiger partial charge in [0.2, 0.25) is 0 Å². The Balaban J connectivity index is 1.95. The van der Waals surface area contributed by atoms with Crippen molar-refractivity contribution in [3.05, 3.63) is 35.1 Å². The lowest BCUT2D eigenvalue weighted by molar-refractivity contribution is 0.343. The minimum Gasteiger partial charge on any atom is -0.492 e. The van der Waals surface area contributed by atoms with Gasteiger partial charge >= 0.3 is 0 Å². The summed E-state index contributed by atoms with van der Waals surface area (Å²) < 4.78 is 10.3. The predicted molar refractivity (Wildman–Crippen MR) is 83.0 cm³/mol. The molecule has 0 spiro atoms.